The molecule has 4 amide bonds. The number of aromatic nitrogens is 1. The van der Waals surface area contributed by atoms with Crippen LogP contribution in [0.1, 0.15) is 113 Å². The molecule has 2 atom stereocenters. The van der Waals surface area contributed by atoms with E-state index in [1.54, 1.807) is 50.1 Å². The number of halogens is 3. The second kappa shape index (κ2) is 20.8. The summed E-state index contributed by atoms with van der Waals surface area (Å²) in [7, 11) is 0. The van der Waals surface area contributed by atoms with E-state index in [2.05, 4.69) is 48.9 Å². The van der Waals surface area contributed by atoms with Gasteiger partial charge in [0.1, 0.15) is 29.8 Å². The van der Waals surface area contributed by atoms with Crippen molar-refractivity contribution in [3.63, 3.8) is 0 Å². The van der Waals surface area contributed by atoms with E-state index in [1.165, 1.54) is 11.6 Å². The zero-order valence-corrected chi connectivity index (χ0v) is 40.2. The monoisotopic (exact) mass is 951 g/mol. The molecule has 1 unspecified atom stereocenters. The summed E-state index contributed by atoms with van der Waals surface area (Å²) >= 11 is 0. The fourth-order valence-electron chi connectivity index (χ4n) is 10.1. The maximum absolute atomic E-state index is 14.5. The molecule has 3 fully saturated rings. The van der Waals surface area contributed by atoms with Crippen molar-refractivity contribution in [1.82, 2.24) is 25.4 Å². The third-order valence-electron chi connectivity index (χ3n) is 13.5. The Hall–Kier alpha value is -6.16. The lowest BCUT2D eigenvalue weighted by Crippen LogP contribution is -2.52. The van der Waals surface area contributed by atoms with Crippen molar-refractivity contribution in [3.05, 3.63) is 101 Å². The van der Waals surface area contributed by atoms with Crippen LogP contribution in [0.15, 0.2) is 79.0 Å². The van der Waals surface area contributed by atoms with Gasteiger partial charge in [0, 0.05) is 55.7 Å². The minimum atomic E-state index is -4.69. The molecule has 3 N–H and O–H groups in total. The molecule has 368 valence electrons. The number of hydrogen-bond acceptors (Lipinski definition) is 10. The molecule has 3 saturated heterocycles. The van der Waals surface area contributed by atoms with Crippen LogP contribution in [-0.4, -0.2) is 95.6 Å². The van der Waals surface area contributed by atoms with E-state index in [1.807, 2.05) is 38.1 Å². The Labute approximate surface area is 402 Å². The van der Waals surface area contributed by atoms with E-state index < -0.39 is 41.4 Å². The third kappa shape index (κ3) is 12.5. The van der Waals surface area contributed by atoms with Crippen molar-refractivity contribution in [1.29, 1.82) is 0 Å². The average molecular weight is 952 g/mol. The predicted molar refractivity (Wildman–Crippen MR) is 258 cm³/mol. The van der Waals surface area contributed by atoms with Crippen molar-refractivity contribution >= 4 is 41.0 Å². The van der Waals surface area contributed by atoms with Gasteiger partial charge in [-0.05, 0) is 167 Å². The highest BCUT2D eigenvalue weighted by Crippen LogP contribution is 2.40. The molecule has 4 aromatic rings. The number of carbonyl (C=O) groups is 4. The Bertz CT molecular complexity index is 2490. The van der Waals surface area contributed by atoms with E-state index in [-0.39, 0.29) is 36.5 Å². The van der Waals surface area contributed by atoms with Crippen molar-refractivity contribution in [2.24, 2.45) is 11.8 Å². The van der Waals surface area contributed by atoms with Gasteiger partial charge in [0.15, 0.2) is 0 Å². The number of pyridine rings is 1. The Morgan fingerprint density at radius 3 is 2.28 bits per heavy atom. The van der Waals surface area contributed by atoms with Gasteiger partial charge in [-0.3, -0.25) is 19.7 Å². The largest absolute Gasteiger partial charge is 0.491 e. The smallest absolute Gasteiger partial charge is 0.419 e. The number of fused-ring (bicyclic) bond motifs is 1. The molecule has 0 radical (unpaired) electrons. The molecule has 1 aromatic heterocycles. The van der Waals surface area contributed by atoms with Gasteiger partial charge in [0.05, 0.1) is 11.6 Å². The normalized spacial score (nSPS) is 19.1. The Kier molecular flexibility index (Phi) is 14.9. The SMILES string of the molecule is CC(C)C[C@@H](COc1ccc(-c2ccnc(Nc3ccc(C4CCN(CC5CCN(c6ccc7c(c6)CN(C6CCC(=O)NC6=O)C7=O)CC5)CC4)cc3)c2)cc1C(F)(F)F)NC(=O)OC(C)(C)C. The summed E-state index contributed by atoms with van der Waals surface area (Å²) in [6.07, 6.45) is 1.64. The molecule has 0 aliphatic carbocycles. The lowest BCUT2D eigenvalue weighted by molar-refractivity contribution is -0.139. The van der Waals surface area contributed by atoms with Crippen molar-refractivity contribution in [2.45, 2.75) is 116 Å². The molecule has 3 aromatic carbocycles. The minimum absolute atomic E-state index is 0.148. The van der Waals surface area contributed by atoms with E-state index in [9.17, 15) is 32.3 Å². The molecule has 5 heterocycles. The summed E-state index contributed by atoms with van der Waals surface area (Å²) in [6, 6.07) is 20.6. The molecule has 13 nitrogen and oxygen atoms in total. The van der Waals surface area contributed by atoms with Crippen molar-refractivity contribution in [3.8, 4) is 16.9 Å². The number of likely N-dealkylation sites (tertiary alicyclic amines) is 1. The van der Waals surface area contributed by atoms with Crippen LogP contribution in [0.25, 0.3) is 11.1 Å². The number of amides is 4. The van der Waals surface area contributed by atoms with E-state index in [0.717, 1.165) is 81.4 Å². The molecular weight excluding hydrogens is 888 g/mol. The van der Waals surface area contributed by atoms with Crippen LogP contribution in [-0.2, 0) is 27.0 Å². The van der Waals surface area contributed by atoms with Crippen molar-refractivity contribution < 1.29 is 41.8 Å². The van der Waals surface area contributed by atoms with Crippen LogP contribution in [0.3, 0.4) is 0 Å². The fourth-order valence-corrected chi connectivity index (χ4v) is 10.1. The standard InChI is InChI=1S/C53H64F3N7O6/c1-33(2)26-41(59-51(67)69-52(3,4)5)32-68-46-14-8-37(28-44(46)53(54,55)56)38-16-21-57-47(29-38)58-40-9-6-35(7-10-40)36-19-22-61(23-20-36)30-34-17-24-62(25-18-34)42-11-12-43-39(27-42)31-63(50(43)66)45-13-15-48(64)60-49(45)65/h6-12,14,16,21,27-29,33-34,36,41,45H,13,15,17-20,22-26,30-32H2,1-5H3,(H,57,58)(H,59,67)(H,60,64,65)/t41-,45?/m0/s1. The molecular formula is C53H64F3N7O6. The van der Waals surface area contributed by atoms with E-state index in [4.69, 9.17) is 9.47 Å². The number of alkyl carbamates (subject to hydrolysis) is 1. The highest BCUT2D eigenvalue weighted by Gasteiger charge is 2.40. The second-order valence-corrected chi connectivity index (χ2v) is 20.4. The summed E-state index contributed by atoms with van der Waals surface area (Å²) < 4.78 is 54.5. The molecule has 4 aliphatic heterocycles. The number of imide groups is 1. The number of piperidine rings is 3. The molecule has 69 heavy (non-hydrogen) atoms. The zero-order valence-electron chi connectivity index (χ0n) is 40.2. The number of alkyl halides is 3. The lowest BCUT2D eigenvalue weighted by atomic mass is 9.88. The number of nitrogens with zero attached hydrogens (tertiary/aromatic N) is 4. The zero-order chi connectivity index (χ0) is 49.0. The van der Waals surface area contributed by atoms with Gasteiger partial charge in [-0.15, -0.1) is 0 Å². The van der Waals surface area contributed by atoms with Gasteiger partial charge >= 0.3 is 12.3 Å². The van der Waals surface area contributed by atoms with Gasteiger partial charge in [0.25, 0.3) is 5.91 Å². The molecule has 0 saturated carbocycles. The number of rotatable bonds is 14. The van der Waals surface area contributed by atoms with Crippen LogP contribution in [0.5, 0.6) is 5.75 Å². The summed E-state index contributed by atoms with van der Waals surface area (Å²) in [5.41, 5.74) is 4.06. The summed E-state index contributed by atoms with van der Waals surface area (Å²) in [5.74, 6) is 0.559. The maximum Gasteiger partial charge on any atom is 0.419 e. The van der Waals surface area contributed by atoms with Gasteiger partial charge in [-0.1, -0.05) is 32.0 Å². The number of ether oxygens (including phenoxy) is 2. The van der Waals surface area contributed by atoms with Gasteiger partial charge in [-0.2, -0.15) is 13.2 Å². The van der Waals surface area contributed by atoms with Gasteiger partial charge in [-0.25, -0.2) is 9.78 Å². The number of carbonyl (C=O) groups excluding carboxylic acids is 4. The van der Waals surface area contributed by atoms with Crippen LogP contribution >= 0.6 is 0 Å². The van der Waals surface area contributed by atoms with Gasteiger partial charge < -0.3 is 34.8 Å². The molecule has 4 aliphatic rings. The minimum Gasteiger partial charge on any atom is -0.491 e. The quantitative estimate of drug-likeness (QED) is 0.105. The first kappa shape index (κ1) is 49.3. The van der Waals surface area contributed by atoms with Crippen LogP contribution in [0.4, 0.5) is 35.2 Å². The fraction of sp³-hybridized carbons (Fsp3) is 0.491. The van der Waals surface area contributed by atoms with Crippen LogP contribution < -0.4 is 25.6 Å². The number of hydrogen-bond donors (Lipinski definition) is 3. The predicted octanol–water partition coefficient (Wildman–Crippen LogP) is 9.69. The van der Waals surface area contributed by atoms with E-state index >= 15 is 0 Å². The van der Waals surface area contributed by atoms with Crippen molar-refractivity contribution in [2.75, 3.05) is 49.5 Å². The number of anilines is 3. The Balaban J connectivity index is 0.801. The highest BCUT2D eigenvalue weighted by molar-refractivity contribution is 6.05. The number of benzene rings is 3. The first-order valence-corrected chi connectivity index (χ1v) is 24.3. The number of nitrogens with one attached hydrogen (secondary N) is 3. The second-order valence-electron chi connectivity index (χ2n) is 20.4. The average Bonchev–Trinajstić information content (AvgIpc) is 3.62. The Morgan fingerprint density at radius 2 is 1.59 bits per heavy atom. The molecule has 0 bridgehead atoms. The Morgan fingerprint density at radius 1 is 0.870 bits per heavy atom. The topological polar surface area (TPSA) is 145 Å². The third-order valence-corrected chi connectivity index (χ3v) is 13.5. The summed E-state index contributed by atoms with van der Waals surface area (Å²) in [4.78, 5) is 60.8. The molecule has 0 spiro atoms. The lowest BCUT2D eigenvalue weighted by Gasteiger charge is -2.38. The molecule has 16 heteroatoms. The van der Waals surface area contributed by atoms with Crippen LogP contribution in [0.2, 0.25) is 0 Å². The highest BCUT2D eigenvalue weighted by atomic mass is 19.4. The molecule has 8 rings (SSSR count). The van der Waals surface area contributed by atoms with Gasteiger partial charge in [0.2, 0.25) is 11.8 Å². The summed E-state index contributed by atoms with van der Waals surface area (Å²) in [6.45, 7) is 14.4. The van der Waals surface area contributed by atoms with E-state index in [0.29, 0.717) is 53.7 Å². The van der Waals surface area contributed by atoms with Crippen LogP contribution in [0, 0.1) is 11.8 Å². The summed E-state index contributed by atoms with van der Waals surface area (Å²) in [5, 5.41) is 8.44. The maximum atomic E-state index is 14.5. The first-order chi connectivity index (χ1) is 32.8. The first-order valence-electron chi connectivity index (χ1n) is 24.3.